The van der Waals surface area contributed by atoms with Gasteiger partial charge < -0.3 is 19.9 Å². The lowest BCUT2D eigenvalue weighted by Gasteiger charge is -2.14. The Kier molecular flexibility index (Phi) is 7.87. The number of nitrogens with zero attached hydrogens (tertiary/aromatic N) is 4. The highest BCUT2D eigenvalue weighted by atomic mass is 32.1. The van der Waals surface area contributed by atoms with Gasteiger partial charge in [-0.05, 0) is 23.6 Å². The third-order valence-corrected chi connectivity index (χ3v) is 4.90. The number of guanidine groups is 1. The van der Waals surface area contributed by atoms with Crippen LogP contribution in [0.2, 0.25) is 0 Å². The SMILES string of the molecule is CCc1nncn1CCNC(=NCc1cccs1)NCCOc1ccccc1. The van der Waals surface area contributed by atoms with Crippen molar-refractivity contribution in [2.45, 2.75) is 26.4 Å². The van der Waals surface area contributed by atoms with E-state index in [4.69, 9.17) is 4.74 Å². The van der Waals surface area contributed by atoms with E-state index in [-0.39, 0.29) is 0 Å². The number of nitrogens with one attached hydrogen (secondary N) is 2. The van der Waals surface area contributed by atoms with Crippen LogP contribution in [-0.2, 0) is 19.5 Å². The molecular formula is C20H26N6OS. The van der Waals surface area contributed by atoms with Crippen LogP contribution < -0.4 is 15.4 Å². The minimum atomic E-state index is 0.565. The molecule has 3 rings (SSSR count). The lowest BCUT2D eigenvalue weighted by Crippen LogP contribution is -2.40. The summed E-state index contributed by atoms with van der Waals surface area (Å²) in [5, 5.41) is 16.9. The summed E-state index contributed by atoms with van der Waals surface area (Å²) < 4.78 is 7.79. The summed E-state index contributed by atoms with van der Waals surface area (Å²) in [4.78, 5) is 5.91. The molecule has 0 saturated carbocycles. The van der Waals surface area contributed by atoms with Crippen LogP contribution in [0.25, 0.3) is 0 Å². The van der Waals surface area contributed by atoms with E-state index in [0.29, 0.717) is 19.7 Å². The van der Waals surface area contributed by atoms with Gasteiger partial charge in [0.1, 0.15) is 24.5 Å². The zero-order valence-corrected chi connectivity index (χ0v) is 16.9. The molecular weight excluding hydrogens is 372 g/mol. The number of para-hydroxylation sites is 1. The minimum absolute atomic E-state index is 0.565. The Balaban J connectivity index is 1.48. The van der Waals surface area contributed by atoms with Gasteiger partial charge in [-0.2, -0.15) is 0 Å². The smallest absolute Gasteiger partial charge is 0.191 e. The van der Waals surface area contributed by atoms with Gasteiger partial charge in [0.05, 0.1) is 13.1 Å². The number of aryl methyl sites for hydroxylation is 1. The number of hydrogen-bond donors (Lipinski definition) is 2. The number of rotatable bonds is 10. The van der Waals surface area contributed by atoms with Crippen LogP contribution in [-0.4, -0.2) is 40.4 Å². The Hall–Kier alpha value is -2.87. The molecule has 0 fully saturated rings. The summed E-state index contributed by atoms with van der Waals surface area (Å²) in [6.07, 6.45) is 2.64. The summed E-state index contributed by atoms with van der Waals surface area (Å²) in [6.45, 7) is 5.49. The topological polar surface area (TPSA) is 76.4 Å². The molecule has 148 valence electrons. The summed E-state index contributed by atoms with van der Waals surface area (Å²) in [5.74, 6) is 2.63. The van der Waals surface area contributed by atoms with Crippen molar-refractivity contribution in [1.82, 2.24) is 25.4 Å². The molecule has 3 aromatic rings. The van der Waals surface area contributed by atoms with E-state index in [1.165, 1.54) is 4.88 Å². The van der Waals surface area contributed by atoms with Crippen LogP contribution in [0.4, 0.5) is 0 Å². The number of aliphatic imine (C=N–C) groups is 1. The van der Waals surface area contributed by atoms with Gasteiger partial charge in [-0.25, -0.2) is 4.99 Å². The van der Waals surface area contributed by atoms with Crippen molar-refractivity contribution in [1.29, 1.82) is 0 Å². The van der Waals surface area contributed by atoms with E-state index in [0.717, 1.165) is 37.0 Å². The molecule has 2 heterocycles. The Morgan fingerprint density at radius 2 is 2.00 bits per heavy atom. The van der Waals surface area contributed by atoms with Crippen molar-refractivity contribution in [2.24, 2.45) is 4.99 Å². The van der Waals surface area contributed by atoms with Crippen molar-refractivity contribution < 1.29 is 4.74 Å². The fraction of sp³-hybridized carbons (Fsp3) is 0.350. The summed E-state index contributed by atoms with van der Waals surface area (Å²) >= 11 is 1.71. The van der Waals surface area contributed by atoms with Gasteiger partial charge in [-0.15, -0.1) is 21.5 Å². The monoisotopic (exact) mass is 398 g/mol. The van der Waals surface area contributed by atoms with Gasteiger partial charge >= 0.3 is 0 Å². The van der Waals surface area contributed by atoms with Crippen LogP contribution in [0.5, 0.6) is 5.75 Å². The predicted molar refractivity (Wildman–Crippen MR) is 113 cm³/mol. The first-order valence-corrected chi connectivity index (χ1v) is 10.3. The molecule has 0 aliphatic heterocycles. The average Bonchev–Trinajstić information content (AvgIpc) is 3.41. The minimum Gasteiger partial charge on any atom is -0.492 e. The van der Waals surface area contributed by atoms with Crippen LogP contribution in [0.15, 0.2) is 59.2 Å². The maximum atomic E-state index is 5.74. The van der Waals surface area contributed by atoms with Crippen LogP contribution >= 0.6 is 11.3 Å². The molecule has 0 unspecified atom stereocenters. The molecule has 28 heavy (non-hydrogen) atoms. The number of benzene rings is 1. The Labute approximate surface area is 169 Å². The molecule has 0 aliphatic rings. The first-order chi connectivity index (χ1) is 13.8. The second kappa shape index (κ2) is 11.1. The lowest BCUT2D eigenvalue weighted by molar-refractivity contribution is 0.322. The number of thiophene rings is 1. The van der Waals surface area contributed by atoms with Gasteiger partial charge in [0.25, 0.3) is 0 Å². The Morgan fingerprint density at radius 1 is 1.14 bits per heavy atom. The average molecular weight is 399 g/mol. The highest BCUT2D eigenvalue weighted by Crippen LogP contribution is 2.09. The van der Waals surface area contributed by atoms with E-state index in [2.05, 4.69) is 48.8 Å². The number of ether oxygens (including phenoxy) is 1. The van der Waals surface area contributed by atoms with Crippen molar-refractivity contribution in [3.8, 4) is 5.75 Å². The second-order valence-corrected chi connectivity index (χ2v) is 7.09. The normalized spacial score (nSPS) is 11.4. The molecule has 0 saturated heterocycles. The van der Waals surface area contributed by atoms with Gasteiger partial charge in [-0.3, -0.25) is 0 Å². The first-order valence-electron chi connectivity index (χ1n) is 9.44. The van der Waals surface area contributed by atoms with Gasteiger partial charge in [0.15, 0.2) is 5.96 Å². The quantitative estimate of drug-likeness (QED) is 0.312. The maximum Gasteiger partial charge on any atom is 0.191 e. The highest BCUT2D eigenvalue weighted by molar-refractivity contribution is 7.09. The highest BCUT2D eigenvalue weighted by Gasteiger charge is 2.03. The maximum absolute atomic E-state index is 5.74. The molecule has 2 N–H and O–H groups in total. The molecule has 7 nitrogen and oxygen atoms in total. The molecule has 8 heteroatoms. The van der Waals surface area contributed by atoms with Gasteiger partial charge in [0, 0.05) is 24.4 Å². The number of aromatic nitrogens is 3. The second-order valence-electron chi connectivity index (χ2n) is 6.05. The fourth-order valence-electron chi connectivity index (χ4n) is 2.62. The summed E-state index contributed by atoms with van der Waals surface area (Å²) in [6, 6.07) is 14.0. The van der Waals surface area contributed by atoms with Crippen molar-refractivity contribution in [2.75, 3.05) is 19.7 Å². The standard InChI is InChI=1S/C20H26N6OS/c1-2-19-25-24-16-26(19)12-10-21-20(23-15-18-9-6-14-28-18)22-11-13-27-17-7-4-3-5-8-17/h3-9,14,16H,2,10-13,15H2,1H3,(H2,21,22,23). The first kappa shape index (κ1) is 19.9. The molecule has 0 radical (unpaired) electrons. The van der Waals surface area contributed by atoms with E-state index in [1.54, 1.807) is 17.7 Å². The lowest BCUT2D eigenvalue weighted by atomic mass is 10.3. The van der Waals surface area contributed by atoms with E-state index < -0.39 is 0 Å². The Morgan fingerprint density at radius 3 is 2.79 bits per heavy atom. The third-order valence-electron chi connectivity index (χ3n) is 4.04. The van der Waals surface area contributed by atoms with Crippen molar-refractivity contribution in [3.63, 3.8) is 0 Å². The summed E-state index contributed by atoms with van der Waals surface area (Å²) in [5.41, 5.74) is 0. The largest absolute Gasteiger partial charge is 0.492 e. The van der Waals surface area contributed by atoms with Crippen LogP contribution in [0, 0.1) is 0 Å². The third kappa shape index (κ3) is 6.38. The zero-order valence-electron chi connectivity index (χ0n) is 16.0. The van der Waals surface area contributed by atoms with Gasteiger partial charge in [-0.1, -0.05) is 31.2 Å². The van der Waals surface area contributed by atoms with Crippen molar-refractivity contribution in [3.05, 3.63) is 64.9 Å². The van der Waals surface area contributed by atoms with Gasteiger partial charge in [0.2, 0.25) is 0 Å². The van der Waals surface area contributed by atoms with Crippen LogP contribution in [0.1, 0.15) is 17.6 Å². The van der Waals surface area contributed by atoms with E-state index in [9.17, 15) is 0 Å². The Bertz CT molecular complexity index is 832. The molecule has 0 spiro atoms. The van der Waals surface area contributed by atoms with Crippen molar-refractivity contribution >= 4 is 17.3 Å². The van der Waals surface area contributed by atoms with E-state index >= 15 is 0 Å². The molecule has 2 aromatic heterocycles. The van der Waals surface area contributed by atoms with E-state index in [1.807, 2.05) is 36.4 Å². The van der Waals surface area contributed by atoms with Crippen LogP contribution in [0.3, 0.4) is 0 Å². The molecule has 0 bridgehead atoms. The molecule has 1 aromatic carbocycles. The molecule has 0 aliphatic carbocycles. The molecule has 0 amide bonds. The fourth-order valence-corrected chi connectivity index (χ4v) is 3.25. The molecule has 0 atom stereocenters. The zero-order chi connectivity index (χ0) is 19.4. The summed E-state index contributed by atoms with van der Waals surface area (Å²) in [7, 11) is 0. The number of hydrogen-bond acceptors (Lipinski definition) is 5. The predicted octanol–water partition coefficient (Wildman–Crippen LogP) is 2.72.